The predicted molar refractivity (Wildman–Crippen MR) is 57.5 cm³/mol. The molecule has 0 spiro atoms. The van der Waals surface area contributed by atoms with Gasteiger partial charge in [0.25, 0.3) is 0 Å². The number of hydrazine groups is 1. The molecule has 0 saturated heterocycles. The number of rotatable bonds is 2. The second-order valence-electron chi connectivity index (χ2n) is 2.91. The molecule has 6 heteroatoms. The maximum absolute atomic E-state index is 9.10. The number of carboxylic acid groups (broad SMARTS) is 2. The Hall–Kier alpha value is -1.92. The lowest BCUT2D eigenvalue weighted by Gasteiger charge is -2.08. The lowest BCUT2D eigenvalue weighted by atomic mass is 10.1. The molecule has 0 radical (unpaired) electrons. The highest BCUT2D eigenvalue weighted by atomic mass is 16.4. The molecule has 5 N–H and O–H groups in total. The third kappa shape index (κ3) is 5.74. The molecule has 0 aliphatic rings. The number of carbonyl (C=O) groups is 2. The van der Waals surface area contributed by atoms with Gasteiger partial charge in [0.15, 0.2) is 0 Å². The van der Waals surface area contributed by atoms with Crippen LogP contribution in [-0.4, -0.2) is 22.2 Å². The predicted octanol–water partition coefficient (Wildman–Crippen LogP) is 0.366. The van der Waals surface area contributed by atoms with E-state index in [0.717, 1.165) is 0 Å². The largest absolute Gasteiger partial charge is 0.473 e. The normalized spacial score (nSPS) is 10.9. The Kier molecular flexibility index (Phi) is 6.50. The van der Waals surface area contributed by atoms with Crippen LogP contribution in [0.15, 0.2) is 30.3 Å². The minimum absolute atomic E-state index is 0.237. The van der Waals surface area contributed by atoms with Crippen LogP contribution in [0.3, 0.4) is 0 Å². The summed E-state index contributed by atoms with van der Waals surface area (Å²) in [5.41, 5.74) is 3.89. The van der Waals surface area contributed by atoms with E-state index >= 15 is 0 Å². The number of carboxylic acids is 2. The summed E-state index contributed by atoms with van der Waals surface area (Å²) in [5, 5.41) is 14.8. The van der Waals surface area contributed by atoms with E-state index < -0.39 is 11.9 Å². The summed E-state index contributed by atoms with van der Waals surface area (Å²) in [4.78, 5) is 18.2. The number of hydrogen-bond donors (Lipinski definition) is 4. The Labute approximate surface area is 92.7 Å². The molecule has 1 aromatic rings. The second kappa shape index (κ2) is 7.38. The fourth-order valence-corrected chi connectivity index (χ4v) is 0.838. The van der Waals surface area contributed by atoms with Crippen molar-refractivity contribution < 1.29 is 19.8 Å². The Morgan fingerprint density at radius 2 is 1.62 bits per heavy atom. The Morgan fingerprint density at radius 1 is 1.19 bits per heavy atom. The number of hydrogen-bond acceptors (Lipinski definition) is 4. The molecule has 6 nitrogen and oxygen atoms in total. The van der Waals surface area contributed by atoms with Gasteiger partial charge in [0.2, 0.25) is 0 Å². The highest BCUT2D eigenvalue weighted by Gasteiger charge is 2.04. The standard InChI is InChI=1S/C8H12N2.C2H2O4/c1-7(10-9)8-5-3-2-4-6-8;3-1(4)2(5)6/h2-7,10H,9H2,1H3;(H,3,4)(H,5,6). The van der Waals surface area contributed by atoms with E-state index in [1.165, 1.54) is 5.56 Å². The van der Waals surface area contributed by atoms with E-state index in [9.17, 15) is 0 Å². The van der Waals surface area contributed by atoms with Gasteiger partial charge in [-0.3, -0.25) is 11.3 Å². The van der Waals surface area contributed by atoms with Crippen LogP contribution in [0.5, 0.6) is 0 Å². The highest BCUT2D eigenvalue weighted by Crippen LogP contribution is 2.08. The molecule has 0 aromatic heterocycles. The van der Waals surface area contributed by atoms with Crippen LogP contribution in [0.2, 0.25) is 0 Å². The van der Waals surface area contributed by atoms with Crippen LogP contribution in [-0.2, 0) is 9.59 Å². The van der Waals surface area contributed by atoms with E-state index in [1.807, 2.05) is 37.3 Å². The van der Waals surface area contributed by atoms with Gasteiger partial charge in [-0.2, -0.15) is 0 Å². The monoisotopic (exact) mass is 226 g/mol. The molecule has 0 fully saturated rings. The smallest absolute Gasteiger partial charge is 0.414 e. The van der Waals surface area contributed by atoms with E-state index in [1.54, 1.807) is 0 Å². The summed E-state index contributed by atoms with van der Waals surface area (Å²) in [6.45, 7) is 2.02. The molecule has 0 aliphatic heterocycles. The van der Waals surface area contributed by atoms with Gasteiger partial charge in [-0.25, -0.2) is 9.59 Å². The zero-order chi connectivity index (χ0) is 12.6. The molecule has 1 unspecified atom stereocenters. The fourth-order valence-electron chi connectivity index (χ4n) is 0.838. The molecule has 88 valence electrons. The van der Waals surface area contributed by atoms with Gasteiger partial charge in [0.05, 0.1) is 0 Å². The fraction of sp³-hybridized carbons (Fsp3) is 0.200. The minimum Gasteiger partial charge on any atom is -0.473 e. The van der Waals surface area contributed by atoms with Crippen molar-refractivity contribution in [3.63, 3.8) is 0 Å². The van der Waals surface area contributed by atoms with Gasteiger partial charge in [-0.05, 0) is 12.5 Å². The molecule has 0 aliphatic carbocycles. The first kappa shape index (κ1) is 14.1. The Balaban J connectivity index is 0.000000325. The SMILES string of the molecule is CC(NN)c1ccccc1.O=C(O)C(=O)O. The number of nitrogens with two attached hydrogens (primary N) is 1. The number of benzene rings is 1. The summed E-state index contributed by atoms with van der Waals surface area (Å²) in [7, 11) is 0. The number of aliphatic carboxylic acids is 2. The van der Waals surface area contributed by atoms with Crippen molar-refractivity contribution in [1.29, 1.82) is 0 Å². The first-order valence-electron chi connectivity index (χ1n) is 4.46. The van der Waals surface area contributed by atoms with Crippen molar-refractivity contribution in [1.82, 2.24) is 5.43 Å². The molecule has 0 heterocycles. The third-order valence-electron chi connectivity index (χ3n) is 1.73. The van der Waals surface area contributed by atoms with E-state index in [4.69, 9.17) is 25.6 Å². The topological polar surface area (TPSA) is 113 Å². The summed E-state index contributed by atoms with van der Waals surface area (Å²) in [5.74, 6) is 1.61. The quantitative estimate of drug-likeness (QED) is 0.329. The number of nitrogens with one attached hydrogen (secondary N) is 1. The average molecular weight is 226 g/mol. The molecular formula is C10H14N2O4. The molecule has 0 saturated carbocycles. The summed E-state index contributed by atoms with van der Waals surface area (Å²) in [6.07, 6.45) is 0. The van der Waals surface area contributed by atoms with Gasteiger partial charge in [0, 0.05) is 6.04 Å². The molecule has 0 bridgehead atoms. The van der Waals surface area contributed by atoms with Crippen LogP contribution in [0.25, 0.3) is 0 Å². The van der Waals surface area contributed by atoms with Crippen LogP contribution >= 0.6 is 0 Å². The van der Waals surface area contributed by atoms with E-state index in [0.29, 0.717) is 0 Å². The second-order valence-corrected chi connectivity index (χ2v) is 2.91. The maximum Gasteiger partial charge on any atom is 0.414 e. The van der Waals surface area contributed by atoms with Crippen LogP contribution < -0.4 is 11.3 Å². The lowest BCUT2D eigenvalue weighted by molar-refractivity contribution is -0.159. The molecule has 1 rings (SSSR count). The zero-order valence-electron chi connectivity index (χ0n) is 8.75. The third-order valence-corrected chi connectivity index (χ3v) is 1.73. The minimum atomic E-state index is -1.82. The molecule has 1 aromatic carbocycles. The molecule has 16 heavy (non-hydrogen) atoms. The average Bonchev–Trinajstić information content (AvgIpc) is 2.30. The van der Waals surface area contributed by atoms with Gasteiger partial charge < -0.3 is 10.2 Å². The summed E-state index contributed by atoms with van der Waals surface area (Å²) < 4.78 is 0. The van der Waals surface area contributed by atoms with Crippen molar-refractivity contribution in [2.45, 2.75) is 13.0 Å². The first-order valence-corrected chi connectivity index (χ1v) is 4.46. The van der Waals surface area contributed by atoms with E-state index in [2.05, 4.69) is 5.43 Å². The van der Waals surface area contributed by atoms with Crippen molar-refractivity contribution in [3.05, 3.63) is 35.9 Å². The summed E-state index contributed by atoms with van der Waals surface area (Å²) in [6, 6.07) is 10.3. The van der Waals surface area contributed by atoms with Gasteiger partial charge in [0.1, 0.15) is 0 Å². The van der Waals surface area contributed by atoms with Gasteiger partial charge in [-0.15, -0.1) is 0 Å². The van der Waals surface area contributed by atoms with Crippen LogP contribution in [0, 0.1) is 0 Å². The molecule has 1 atom stereocenters. The van der Waals surface area contributed by atoms with Crippen LogP contribution in [0.1, 0.15) is 18.5 Å². The van der Waals surface area contributed by atoms with Crippen LogP contribution in [0.4, 0.5) is 0 Å². The maximum atomic E-state index is 9.10. The van der Waals surface area contributed by atoms with Gasteiger partial charge in [-0.1, -0.05) is 30.3 Å². The molecular weight excluding hydrogens is 212 g/mol. The molecule has 0 amide bonds. The Morgan fingerprint density at radius 3 is 1.94 bits per heavy atom. The van der Waals surface area contributed by atoms with Crippen molar-refractivity contribution in [2.75, 3.05) is 0 Å². The van der Waals surface area contributed by atoms with Crippen molar-refractivity contribution in [2.24, 2.45) is 5.84 Å². The van der Waals surface area contributed by atoms with Crippen molar-refractivity contribution in [3.8, 4) is 0 Å². The zero-order valence-corrected chi connectivity index (χ0v) is 8.75. The highest BCUT2D eigenvalue weighted by molar-refractivity contribution is 6.27. The lowest BCUT2D eigenvalue weighted by Crippen LogP contribution is -2.25. The summed E-state index contributed by atoms with van der Waals surface area (Å²) >= 11 is 0. The first-order chi connectivity index (χ1) is 7.49. The van der Waals surface area contributed by atoms with E-state index in [-0.39, 0.29) is 6.04 Å². The van der Waals surface area contributed by atoms with Gasteiger partial charge >= 0.3 is 11.9 Å². The van der Waals surface area contributed by atoms with Crippen molar-refractivity contribution >= 4 is 11.9 Å². The Bertz CT molecular complexity index is 328.